The highest BCUT2D eigenvalue weighted by Crippen LogP contribution is 1.98. The lowest BCUT2D eigenvalue weighted by Gasteiger charge is -1.88. The second kappa shape index (κ2) is 6.60. The Morgan fingerprint density at radius 2 is 2.00 bits per heavy atom. The van der Waals surface area contributed by atoms with Crippen molar-refractivity contribution in [3.63, 3.8) is 0 Å². The van der Waals surface area contributed by atoms with Gasteiger partial charge in [-0.25, -0.2) is 0 Å². The highest BCUT2D eigenvalue weighted by molar-refractivity contribution is 5.09. The molecule has 0 radical (unpaired) electrons. The predicted molar refractivity (Wildman–Crippen MR) is 48.1 cm³/mol. The van der Waals surface area contributed by atoms with Crippen molar-refractivity contribution in [2.75, 3.05) is 0 Å². The third kappa shape index (κ3) is 5.61. The Bertz CT molecular complexity index is 118. The Labute approximate surface area is 64.6 Å². The lowest BCUT2D eigenvalue weighted by molar-refractivity contribution is 0.958. The fourth-order valence-electron chi connectivity index (χ4n) is 0.613. The van der Waals surface area contributed by atoms with Gasteiger partial charge in [0, 0.05) is 0 Å². The van der Waals surface area contributed by atoms with Gasteiger partial charge in [0.15, 0.2) is 0 Å². The molecule has 0 heteroatoms. The van der Waals surface area contributed by atoms with E-state index in [4.69, 9.17) is 0 Å². The molecule has 0 bridgehead atoms. The molecule has 0 fully saturated rings. The van der Waals surface area contributed by atoms with Crippen LogP contribution in [0, 0.1) is 0 Å². The van der Waals surface area contributed by atoms with E-state index in [1.54, 1.807) is 0 Å². The highest BCUT2D eigenvalue weighted by Gasteiger charge is 1.77. The predicted octanol–water partition coefficient (Wildman–Crippen LogP) is 3.70. The molecule has 0 saturated heterocycles. The van der Waals surface area contributed by atoms with Crippen LogP contribution >= 0.6 is 0 Å². The van der Waals surface area contributed by atoms with Gasteiger partial charge in [-0.05, 0) is 19.8 Å². The maximum Gasteiger partial charge on any atom is -0.0349 e. The molecule has 0 amide bonds. The number of unbranched alkanes of at least 4 members (excludes halogenated alkanes) is 1. The summed E-state index contributed by atoms with van der Waals surface area (Å²) in [7, 11) is 0. The summed E-state index contributed by atoms with van der Waals surface area (Å²) in [6.45, 7) is 6.54. The molecule has 0 aliphatic rings. The third-order valence-electron chi connectivity index (χ3n) is 1.53. The Morgan fingerprint density at radius 3 is 2.50 bits per heavy atom. The minimum absolute atomic E-state index is 1.16. The molecular formula is C10H18. The number of rotatable bonds is 4. The van der Waals surface area contributed by atoms with Crippen LogP contribution in [0.2, 0.25) is 0 Å². The summed E-state index contributed by atoms with van der Waals surface area (Å²) in [6.07, 6.45) is 10.2. The van der Waals surface area contributed by atoms with Crippen LogP contribution in [0.3, 0.4) is 0 Å². The van der Waals surface area contributed by atoms with E-state index in [0.29, 0.717) is 0 Å². The van der Waals surface area contributed by atoms with Gasteiger partial charge in [-0.1, -0.05) is 44.1 Å². The zero-order valence-corrected chi connectivity index (χ0v) is 7.35. The topological polar surface area (TPSA) is 0 Å². The highest BCUT2D eigenvalue weighted by atomic mass is 13.8. The van der Waals surface area contributed by atoms with Crippen LogP contribution in [0.15, 0.2) is 23.8 Å². The number of hydrogen-bond donors (Lipinski definition) is 0. The van der Waals surface area contributed by atoms with Crippen molar-refractivity contribution in [3.8, 4) is 0 Å². The molecule has 0 atom stereocenters. The van der Waals surface area contributed by atoms with E-state index in [9.17, 15) is 0 Å². The van der Waals surface area contributed by atoms with Crippen molar-refractivity contribution in [2.45, 2.75) is 40.0 Å². The van der Waals surface area contributed by atoms with Crippen molar-refractivity contribution in [3.05, 3.63) is 23.8 Å². The third-order valence-corrected chi connectivity index (χ3v) is 1.53. The minimum Gasteiger partial charge on any atom is -0.0845 e. The van der Waals surface area contributed by atoms with Gasteiger partial charge >= 0.3 is 0 Å². The van der Waals surface area contributed by atoms with Crippen molar-refractivity contribution in [1.29, 1.82) is 0 Å². The van der Waals surface area contributed by atoms with Crippen molar-refractivity contribution < 1.29 is 0 Å². The van der Waals surface area contributed by atoms with Gasteiger partial charge < -0.3 is 0 Å². The van der Waals surface area contributed by atoms with Crippen LogP contribution in [0.4, 0.5) is 0 Å². The number of hydrogen-bond acceptors (Lipinski definition) is 0. The molecular weight excluding hydrogens is 120 g/mol. The van der Waals surface area contributed by atoms with E-state index < -0.39 is 0 Å². The first-order chi connectivity index (χ1) is 4.81. The molecule has 0 heterocycles. The normalized spacial score (nSPS) is 12.9. The lowest BCUT2D eigenvalue weighted by Crippen LogP contribution is -1.67. The molecule has 0 unspecified atom stereocenters. The smallest absolute Gasteiger partial charge is 0.0349 e. The second-order valence-electron chi connectivity index (χ2n) is 2.58. The SMILES string of the molecule is CCCC=CC=C(C)CC. The summed E-state index contributed by atoms with van der Waals surface area (Å²) < 4.78 is 0. The average Bonchev–Trinajstić information content (AvgIpc) is 1.98. The molecule has 0 N–H and O–H groups in total. The average molecular weight is 138 g/mol. The molecule has 0 rings (SSSR count). The summed E-state index contributed by atoms with van der Waals surface area (Å²) in [6, 6.07) is 0. The molecule has 0 aliphatic heterocycles. The van der Waals surface area contributed by atoms with Crippen LogP contribution in [0.25, 0.3) is 0 Å². The van der Waals surface area contributed by atoms with E-state index in [1.165, 1.54) is 18.4 Å². The van der Waals surface area contributed by atoms with Gasteiger partial charge in [-0.3, -0.25) is 0 Å². The number of allylic oxidation sites excluding steroid dienone is 4. The van der Waals surface area contributed by atoms with Gasteiger partial charge in [-0.2, -0.15) is 0 Å². The molecule has 0 aromatic rings. The molecule has 0 spiro atoms. The molecule has 10 heavy (non-hydrogen) atoms. The Kier molecular flexibility index (Phi) is 6.25. The van der Waals surface area contributed by atoms with Crippen LogP contribution in [-0.4, -0.2) is 0 Å². The molecule has 0 aromatic heterocycles. The van der Waals surface area contributed by atoms with Crippen molar-refractivity contribution >= 4 is 0 Å². The maximum atomic E-state index is 2.22. The Balaban J connectivity index is 3.49. The van der Waals surface area contributed by atoms with Crippen LogP contribution in [-0.2, 0) is 0 Å². The molecule has 0 aliphatic carbocycles. The zero-order valence-electron chi connectivity index (χ0n) is 7.35. The van der Waals surface area contributed by atoms with Gasteiger partial charge in [0.2, 0.25) is 0 Å². The fourth-order valence-corrected chi connectivity index (χ4v) is 0.613. The molecule has 0 nitrogen and oxygen atoms in total. The Morgan fingerprint density at radius 1 is 1.30 bits per heavy atom. The van der Waals surface area contributed by atoms with Gasteiger partial charge in [0.1, 0.15) is 0 Å². The first-order valence-corrected chi connectivity index (χ1v) is 4.13. The Hall–Kier alpha value is -0.520. The van der Waals surface area contributed by atoms with Gasteiger partial charge in [-0.15, -0.1) is 0 Å². The summed E-state index contributed by atoms with van der Waals surface area (Å²) >= 11 is 0. The van der Waals surface area contributed by atoms with Crippen molar-refractivity contribution in [2.24, 2.45) is 0 Å². The summed E-state index contributed by atoms with van der Waals surface area (Å²) in [5, 5.41) is 0. The maximum absolute atomic E-state index is 2.22. The standard InChI is InChI=1S/C10H18/c1-4-6-7-8-9-10(3)5-2/h7-9H,4-6H2,1-3H3. The first kappa shape index (κ1) is 9.48. The van der Waals surface area contributed by atoms with Crippen molar-refractivity contribution in [1.82, 2.24) is 0 Å². The summed E-state index contributed by atoms with van der Waals surface area (Å²) in [5.41, 5.74) is 1.45. The van der Waals surface area contributed by atoms with E-state index in [0.717, 1.165) is 6.42 Å². The van der Waals surface area contributed by atoms with Crippen LogP contribution in [0.1, 0.15) is 40.0 Å². The molecule has 0 aromatic carbocycles. The monoisotopic (exact) mass is 138 g/mol. The summed E-state index contributed by atoms with van der Waals surface area (Å²) in [5.74, 6) is 0. The minimum atomic E-state index is 1.16. The quantitative estimate of drug-likeness (QED) is 0.520. The van der Waals surface area contributed by atoms with Crippen LogP contribution < -0.4 is 0 Å². The molecule has 0 saturated carbocycles. The zero-order chi connectivity index (χ0) is 7.82. The second-order valence-corrected chi connectivity index (χ2v) is 2.58. The van der Waals surface area contributed by atoms with Crippen LogP contribution in [0.5, 0.6) is 0 Å². The van der Waals surface area contributed by atoms with E-state index in [2.05, 4.69) is 39.0 Å². The van der Waals surface area contributed by atoms with E-state index in [1.807, 2.05) is 0 Å². The fraction of sp³-hybridized carbons (Fsp3) is 0.600. The van der Waals surface area contributed by atoms with E-state index in [-0.39, 0.29) is 0 Å². The summed E-state index contributed by atoms with van der Waals surface area (Å²) in [4.78, 5) is 0. The largest absolute Gasteiger partial charge is 0.0845 e. The first-order valence-electron chi connectivity index (χ1n) is 4.13. The molecule has 58 valence electrons. The lowest BCUT2D eigenvalue weighted by atomic mass is 10.2. The van der Waals surface area contributed by atoms with E-state index >= 15 is 0 Å². The van der Waals surface area contributed by atoms with Gasteiger partial charge in [0.05, 0.1) is 0 Å². The van der Waals surface area contributed by atoms with Gasteiger partial charge in [0.25, 0.3) is 0 Å².